The first-order valence-corrected chi connectivity index (χ1v) is 7.24. The molecule has 0 saturated carbocycles. The average Bonchev–Trinajstić information content (AvgIpc) is 2.53. The SMILES string of the molecule is CC(O)CC1CCCCCN1C(=O)CC(C)(C)C#N. The van der Waals surface area contributed by atoms with Crippen molar-refractivity contribution < 1.29 is 9.90 Å². The van der Waals surface area contributed by atoms with Crippen LogP contribution in [0.15, 0.2) is 0 Å². The predicted octanol–water partition coefficient (Wildman–Crippen LogP) is 2.47. The predicted molar refractivity (Wildman–Crippen MR) is 74.3 cm³/mol. The zero-order chi connectivity index (χ0) is 14.5. The Balaban J connectivity index is 2.74. The zero-order valence-corrected chi connectivity index (χ0v) is 12.4. The third-order valence-electron chi connectivity index (χ3n) is 3.71. The highest BCUT2D eigenvalue weighted by Gasteiger charge is 2.30. The Labute approximate surface area is 116 Å². The van der Waals surface area contributed by atoms with E-state index in [9.17, 15) is 9.90 Å². The highest BCUT2D eigenvalue weighted by molar-refractivity contribution is 5.77. The van der Waals surface area contributed by atoms with Crippen molar-refractivity contribution in [2.45, 2.75) is 71.4 Å². The van der Waals surface area contributed by atoms with Crippen LogP contribution in [0, 0.1) is 16.7 Å². The molecule has 0 aromatic rings. The summed E-state index contributed by atoms with van der Waals surface area (Å²) in [5.74, 6) is 0.0547. The minimum absolute atomic E-state index is 0.0547. The molecule has 1 rings (SSSR count). The van der Waals surface area contributed by atoms with Gasteiger partial charge in [-0.1, -0.05) is 12.8 Å². The van der Waals surface area contributed by atoms with Crippen LogP contribution in [0.2, 0.25) is 0 Å². The number of nitriles is 1. The van der Waals surface area contributed by atoms with Gasteiger partial charge in [0.15, 0.2) is 0 Å². The number of hydrogen-bond donors (Lipinski definition) is 1. The summed E-state index contributed by atoms with van der Waals surface area (Å²) >= 11 is 0. The lowest BCUT2D eigenvalue weighted by Crippen LogP contribution is -2.42. The van der Waals surface area contributed by atoms with Crippen LogP contribution >= 0.6 is 0 Å². The standard InChI is InChI=1S/C15H26N2O2/c1-12(18)9-13-7-5-4-6-8-17(13)14(19)10-15(2,3)11-16/h12-13,18H,4-10H2,1-3H3. The zero-order valence-electron chi connectivity index (χ0n) is 12.4. The summed E-state index contributed by atoms with van der Waals surface area (Å²) in [6, 6.07) is 2.31. The van der Waals surface area contributed by atoms with Crippen molar-refractivity contribution in [1.29, 1.82) is 5.26 Å². The van der Waals surface area contributed by atoms with Gasteiger partial charge < -0.3 is 10.0 Å². The summed E-state index contributed by atoms with van der Waals surface area (Å²) in [4.78, 5) is 14.3. The molecule has 2 atom stereocenters. The van der Waals surface area contributed by atoms with Gasteiger partial charge in [-0.2, -0.15) is 5.26 Å². The van der Waals surface area contributed by atoms with E-state index in [1.807, 2.05) is 4.90 Å². The smallest absolute Gasteiger partial charge is 0.224 e. The lowest BCUT2D eigenvalue weighted by molar-refractivity contribution is -0.135. The Bertz CT molecular complexity index is 345. The first kappa shape index (κ1) is 16.0. The van der Waals surface area contributed by atoms with E-state index >= 15 is 0 Å². The molecule has 0 aromatic carbocycles. The van der Waals surface area contributed by atoms with E-state index in [0.717, 1.165) is 32.2 Å². The summed E-state index contributed by atoms with van der Waals surface area (Å²) in [6.45, 7) is 6.13. The van der Waals surface area contributed by atoms with E-state index in [1.165, 1.54) is 0 Å². The number of nitrogens with zero attached hydrogens (tertiary/aromatic N) is 2. The maximum atomic E-state index is 12.4. The Hall–Kier alpha value is -1.08. The molecule has 4 nitrogen and oxygen atoms in total. The molecule has 0 aliphatic carbocycles. The fourth-order valence-corrected chi connectivity index (χ4v) is 2.66. The van der Waals surface area contributed by atoms with Crippen molar-refractivity contribution >= 4 is 5.91 Å². The van der Waals surface area contributed by atoms with Gasteiger partial charge in [-0.3, -0.25) is 4.79 Å². The van der Waals surface area contributed by atoms with Gasteiger partial charge in [0.1, 0.15) is 0 Å². The molecule has 19 heavy (non-hydrogen) atoms. The molecule has 1 aliphatic heterocycles. The first-order chi connectivity index (χ1) is 8.85. The van der Waals surface area contributed by atoms with Gasteiger partial charge in [-0.15, -0.1) is 0 Å². The summed E-state index contributed by atoms with van der Waals surface area (Å²) in [5, 5.41) is 18.6. The van der Waals surface area contributed by atoms with Gasteiger partial charge in [0, 0.05) is 19.0 Å². The van der Waals surface area contributed by atoms with Crippen LogP contribution in [-0.4, -0.2) is 34.6 Å². The minimum Gasteiger partial charge on any atom is -0.393 e. The van der Waals surface area contributed by atoms with Crippen molar-refractivity contribution in [3.05, 3.63) is 0 Å². The third kappa shape index (κ3) is 5.20. The van der Waals surface area contributed by atoms with Crippen LogP contribution < -0.4 is 0 Å². The van der Waals surface area contributed by atoms with Gasteiger partial charge in [0.05, 0.1) is 17.6 Å². The largest absolute Gasteiger partial charge is 0.393 e. The summed E-state index contributed by atoms with van der Waals surface area (Å²) in [5.41, 5.74) is -0.612. The molecule has 1 saturated heterocycles. The molecule has 1 N–H and O–H groups in total. The highest BCUT2D eigenvalue weighted by atomic mass is 16.3. The van der Waals surface area contributed by atoms with E-state index in [-0.39, 0.29) is 24.5 Å². The van der Waals surface area contributed by atoms with Crippen LogP contribution in [0.3, 0.4) is 0 Å². The number of hydrogen-bond acceptors (Lipinski definition) is 3. The van der Waals surface area contributed by atoms with Crippen LogP contribution in [-0.2, 0) is 4.79 Å². The second-order valence-electron chi connectivity index (χ2n) is 6.35. The second kappa shape index (κ2) is 6.91. The van der Waals surface area contributed by atoms with Crippen LogP contribution in [0.25, 0.3) is 0 Å². The molecular weight excluding hydrogens is 240 g/mol. The first-order valence-electron chi connectivity index (χ1n) is 7.24. The number of rotatable bonds is 4. The Morgan fingerprint density at radius 1 is 1.47 bits per heavy atom. The second-order valence-corrected chi connectivity index (χ2v) is 6.35. The highest BCUT2D eigenvalue weighted by Crippen LogP contribution is 2.25. The van der Waals surface area contributed by atoms with E-state index in [1.54, 1.807) is 20.8 Å². The summed E-state index contributed by atoms with van der Waals surface area (Å²) < 4.78 is 0. The van der Waals surface area contributed by atoms with Crippen LogP contribution in [0.4, 0.5) is 0 Å². The topological polar surface area (TPSA) is 64.3 Å². The molecule has 1 fully saturated rings. The van der Waals surface area contributed by atoms with Crippen molar-refractivity contribution in [1.82, 2.24) is 4.90 Å². The molecule has 0 aromatic heterocycles. The minimum atomic E-state index is -0.612. The number of amides is 1. The van der Waals surface area contributed by atoms with Gasteiger partial charge in [0.2, 0.25) is 5.91 Å². The van der Waals surface area contributed by atoms with E-state index in [4.69, 9.17) is 5.26 Å². The molecular formula is C15H26N2O2. The number of aliphatic hydroxyl groups excluding tert-OH is 1. The van der Waals surface area contributed by atoms with Crippen molar-refractivity contribution in [2.24, 2.45) is 5.41 Å². The molecule has 1 heterocycles. The molecule has 0 bridgehead atoms. The monoisotopic (exact) mass is 266 g/mol. The quantitative estimate of drug-likeness (QED) is 0.850. The number of aliphatic hydroxyl groups is 1. The molecule has 0 spiro atoms. The van der Waals surface area contributed by atoms with Gasteiger partial charge in [-0.25, -0.2) is 0 Å². The van der Waals surface area contributed by atoms with Gasteiger partial charge in [0.25, 0.3) is 0 Å². The lowest BCUT2D eigenvalue weighted by Gasteiger charge is -2.32. The number of carbonyl (C=O) groups excluding carboxylic acids is 1. The molecule has 1 amide bonds. The van der Waals surface area contributed by atoms with Crippen LogP contribution in [0.1, 0.15) is 59.3 Å². The van der Waals surface area contributed by atoms with Crippen molar-refractivity contribution in [3.63, 3.8) is 0 Å². The molecule has 0 radical (unpaired) electrons. The summed E-state index contributed by atoms with van der Waals surface area (Å²) in [7, 11) is 0. The molecule has 1 aliphatic rings. The van der Waals surface area contributed by atoms with Gasteiger partial charge >= 0.3 is 0 Å². The van der Waals surface area contributed by atoms with Crippen LogP contribution in [0.5, 0.6) is 0 Å². The normalized spacial score (nSPS) is 22.5. The fourth-order valence-electron chi connectivity index (χ4n) is 2.66. The maximum Gasteiger partial charge on any atom is 0.224 e. The van der Waals surface area contributed by atoms with Crippen molar-refractivity contribution in [3.8, 4) is 6.07 Å². The van der Waals surface area contributed by atoms with E-state index < -0.39 is 5.41 Å². The third-order valence-corrected chi connectivity index (χ3v) is 3.71. The Morgan fingerprint density at radius 2 is 2.16 bits per heavy atom. The Kier molecular flexibility index (Phi) is 5.81. The molecule has 4 heteroatoms. The Morgan fingerprint density at radius 3 is 2.74 bits per heavy atom. The van der Waals surface area contributed by atoms with E-state index in [0.29, 0.717) is 6.42 Å². The maximum absolute atomic E-state index is 12.4. The number of likely N-dealkylation sites (tertiary alicyclic amines) is 1. The molecule has 108 valence electrons. The fraction of sp³-hybridized carbons (Fsp3) is 0.867. The molecule has 2 unspecified atom stereocenters. The van der Waals surface area contributed by atoms with Crippen molar-refractivity contribution in [2.75, 3.05) is 6.54 Å². The summed E-state index contributed by atoms with van der Waals surface area (Å²) in [6.07, 6.45) is 4.75. The van der Waals surface area contributed by atoms with Gasteiger partial charge in [-0.05, 0) is 40.0 Å². The average molecular weight is 266 g/mol. The number of carbonyl (C=O) groups is 1. The van der Waals surface area contributed by atoms with E-state index in [2.05, 4.69) is 6.07 Å². The lowest BCUT2D eigenvalue weighted by atomic mass is 9.90.